The summed E-state index contributed by atoms with van der Waals surface area (Å²) in [4.78, 5) is 13.5. The molecule has 3 rings (SSSR count). The molecule has 2 aromatic heterocycles. The Kier molecular flexibility index (Phi) is 6.34. The Morgan fingerprint density at radius 1 is 1.35 bits per heavy atom. The summed E-state index contributed by atoms with van der Waals surface area (Å²) >= 11 is 9.15. The van der Waals surface area contributed by atoms with Gasteiger partial charge in [-0.05, 0) is 24.6 Å². The minimum atomic E-state index is -0.131. The van der Waals surface area contributed by atoms with Crippen molar-refractivity contribution in [3.63, 3.8) is 0 Å². The number of aromatic nitrogens is 3. The molecule has 2 heterocycles. The van der Waals surface area contributed by atoms with Crippen molar-refractivity contribution in [3.05, 3.63) is 45.6 Å². The largest absolute Gasteiger partial charge is 0.324 e. The van der Waals surface area contributed by atoms with E-state index in [1.54, 1.807) is 23.5 Å². The van der Waals surface area contributed by atoms with Gasteiger partial charge >= 0.3 is 0 Å². The van der Waals surface area contributed by atoms with Crippen molar-refractivity contribution < 1.29 is 4.79 Å². The van der Waals surface area contributed by atoms with Crippen LogP contribution >= 0.6 is 34.7 Å². The quantitative estimate of drug-likeness (QED) is 0.568. The number of aryl methyl sites for hydroxylation is 1. The van der Waals surface area contributed by atoms with Gasteiger partial charge in [-0.2, -0.15) is 0 Å². The summed E-state index contributed by atoms with van der Waals surface area (Å²) in [6, 6.07) is 9.33. The van der Waals surface area contributed by atoms with Gasteiger partial charge < -0.3 is 9.88 Å². The number of hydrogen-bond acceptors (Lipinski definition) is 5. The summed E-state index contributed by atoms with van der Waals surface area (Å²) in [6.45, 7) is 2.17. The molecule has 3 aromatic rings. The highest BCUT2D eigenvalue weighted by Gasteiger charge is 2.14. The van der Waals surface area contributed by atoms with Crippen LogP contribution in [0, 0.1) is 0 Å². The SMILES string of the molecule is CCCc1cc(-c2nnc(SCC(=O)Nc3ccccc3Cl)n2C)cs1. The molecule has 1 aromatic carbocycles. The summed E-state index contributed by atoms with van der Waals surface area (Å²) in [6.07, 6.45) is 2.20. The average molecular weight is 407 g/mol. The third-order valence-corrected chi connectivity index (χ3v) is 6.07. The fourth-order valence-corrected chi connectivity index (χ4v) is 4.31. The van der Waals surface area contributed by atoms with Gasteiger partial charge in [0.2, 0.25) is 5.91 Å². The van der Waals surface area contributed by atoms with Crippen LogP contribution in [0.1, 0.15) is 18.2 Å². The molecular formula is C18H19ClN4OS2. The molecule has 0 bridgehead atoms. The highest BCUT2D eigenvalue weighted by Crippen LogP contribution is 2.28. The molecule has 0 radical (unpaired) electrons. The first-order valence-corrected chi connectivity index (χ1v) is 10.5. The van der Waals surface area contributed by atoms with Crippen LogP contribution in [0.3, 0.4) is 0 Å². The van der Waals surface area contributed by atoms with Gasteiger partial charge in [0.05, 0.1) is 16.5 Å². The van der Waals surface area contributed by atoms with Gasteiger partial charge in [0, 0.05) is 22.9 Å². The van der Waals surface area contributed by atoms with Crippen LogP contribution in [0.15, 0.2) is 40.9 Å². The monoisotopic (exact) mass is 406 g/mol. The van der Waals surface area contributed by atoms with Crippen molar-refractivity contribution in [2.24, 2.45) is 7.05 Å². The smallest absolute Gasteiger partial charge is 0.234 e. The maximum absolute atomic E-state index is 12.2. The van der Waals surface area contributed by atoms with E-state index in [1.807, 2.05) is 23.7 Å². The Labute approximate surface area is 165 Å². The number of carbonyl (C=O) groups excluding carboxylic acids is 1. The number of thioether (sulfide) groups is 1. The number of nitrogens with one attached hydrogen (secondary N) is 1. The van der Waals surface area contributed by atoms with Crippen LogP contribution in [-0.2, 0) is 18.3 Å². The van der Waals surface area contributed by atoms with E-state index < -0.39 is 0 Å². The van der Waals surface area contributed by atoms with Crippen LogP contribution in [-0.4, -0.2) is 26.4 Å². The van der Waals surface area contributed by atoms with E-state index in [0.29, 0.717) is 15.9 Å². The molecule has 1 N–H and O–H groups in total. The zero-order chi connectivity index (χ0) is 18.5. The molecule has 5 nitrogen and oxygen atoms in total. The molecule has 0 fully saturated rings. The Morgan fingerprint density at radius 3 is 2.92 bits per heavy atom. The van der Waals surface area contributed by atoms with Crippen LogP contribution < -0.4 is 5.32 Å². The number of benzene rings is 1. The van der Waals surface area contributed by atoms with Gasteiger partial charge in [-0.1, -0.05) is 48.8 Å². The normalized spacial score (nSPS) is 10.9. The van der Waals surface area contributed by atoms with Gasteiger partial charge in [-0.15, -0.1) is 21.5 Å². The Balaban J connectivity index is 1.63. The second-order valence-corrected chi connectivity index (χ2v) is 8.08. The number of anilines is 1. The molecule has 8 heteroatoms. The lowest BCUT2D eigenvalue weighted by Gasteiger charge is -2.06. The minimum Gasteiger partial charge on any atom is -0.324 e. The first kappa shape index (κ1) is 18.9. The van der Waals surface area contributed by atoms with E-state index in [1.165, 1.54) is 16.6 Å². The van der Waals surface area contributed by atoms with Gasteiger partial charge in [0.1, 0.15) is 0 Å². The molecule has 0 saturated heterocycles. The van der Waals surface area contributed by atoms with E-state index in [9.17, 15) is 4.79 Å². The molecule has 0 aliphatic rings. The van der Waals surface area contributed by atoms with Crippen LogP contribution in [0.2, 0.25) is 5.02 Å². The maximum atomic E-state index is 12.2. The first-order valence-electron chi connectivity index (χ1n) is 8.22. The van der Waals surface area contributed by atoms with E-state index in [0.717, 1.165) is 24.2 Å². The standard InChI is InChI=1S/C18H19ClN4OS2/c1-3-6-13-9-12(10-25-13)17-21-22-18(23(17)2)26-11-16(24)20-15-8-5-4-7-14(15)19/h4-5,7-10H,3,6,11H2,1-2H3,(H,20,24). The lowest BCUT2D eigenvalue weighted by Crippen LogP contribution is -2.14. The number of nitrogens with zero attached hydrogens (tertiary/aromatic N) is 3. The maximum Gasteiger partial charge on any atom is 0.234 e. The van der Waals surface area contributed by atoms with Crippen molar-refractivity contribution in [3.8, 4) is 11.4 Å². The lowest BCUT2D eigenvalue weighted by atomic mass is 10.2. The molecule has 0 atom stereocenters. The topological polar surface area (TPSA) is 59.8 Å². The fraction of sp³-hybridized carbons (Fsp3) is 0.278. The second-order valence-electron chi connectivity index (χ2n) is 5.73. The number of rotatable bonds is 7. The van der Waals surface area contributed by atoms with E-state index >= 15 is 0 Å². The van der Waals surface area contributed by atoms with Gasteiger partial charge in [0.25, 0.3) is 0 Å². The molecule has 26 heavy (non-hydrogen) atoms. The third kappa shape index (κ3) is 4.47. The Bertz CT molecular complexity index is 906. The number of amides is 1. The third-order valence-electron chi connectivity index (χ3n) is 3.72. The highest BCUT2D eigenvalue weighted by molar-refractivity contribution is 7.99. The van der Waals surface area contributed by atoms with Crippen molar-refractivity contribution >= 4 is 46.3 Å². The zero-order valence-electron chi connectivity index (χ0n) is 14.5. The Hall–Kier alpha value is -1.83. The predicted molar refractivity (Wildman–Crippen MR) is 109 cm³/mol. The lowest BCUT2D eigenvalue weighted by molar-refractivity contribution is -0.113. The van der Waals surface area contributed by atoms with Crippen molar-refractivity contribution in [2.75, 3.05) is 11.1 Å². The highest BCUT2D eigenvalue weighted by atomic mass is 35.5. The summed E-state index contributed by atoms with van der Waals surface area (Å²) in [5, 5.41) is 14.6. The van der Waals surface area contributed by atoms with E-state index in [4.69, 9.17) is 11.6 Å². The van der Waals surface area contributed by atoms with E-state index in [2.05, 4.69) is 33.9 Å². The summed E-state index contributed by atoms with van der Waals surface area (Å²) in [7, 11) is 1.92. The molecule has 0 saturated carbocycles. The Morgan fingerprint density at radius 2 is 2.15 bits per heavy atom. The average Bonchev–Trinajstić information content (AvgIpc) is 3.22. The molecule has 0 unspecified atom stereocenters. The van der Waals surface area contributed by atoms with Gasteiger partial charge in [-0.3, -0.25) is 4.79 Å². The van der Waals surface area contributed by atoms with Gasteiger partial charge in [-0.25, -0.2) is 0 Å². The van der Waals surface area contributed by atoms with Crippen LogP contribution in [0.5, 0.6) is 0 Å². The van der Waals surface area contributed by atoms with E-state index in [-0.39, 0.29) is 11.7 Å². The second kappa shape index (κ2) is 8.70. The number of hydrogen-bond donors (Lipinski definition) is 1. The molecule has 136 valence electrons. The van der Waals surface area contributed by atoms with Crippen molar-refractivity contribution in [1.29, 1.82) is 0 Å². The summed E-state index contributed by atoms with van der Waals surface area (Å²) < 4.78 is 1.92. The molecule has 0 aliphatic heterocycles. The zero-order valence-corrected chi connectivity index (χ0v) is 16.9. The molecule has 0 spiro atoms. The summed E-state index contributed by atoms with van der Waals surface area (Å²) in [5.74, 6) is 0.924. The number of para-hydroxylation sites is 1. The molecule has 1 amide bonds. The van der Waals surface area contributed by atoms with Crippen LogP contribution in [0.4, 0.5) is 5.69 Å². The molecular weight excluding hydrogens is 388 g/mol. The number of halogens is 1. The fourth-order valence-electron chi connectivity index (χ4n) is 2.45. The number of thiophene rings is 1. The molecule has 0 aliphatic carbocycles. The minimum absolute atomic E-state index is 0.131. The van der Waals surface area contributed by atoms with Crippen molar-refractivity contribution in [2.45, 2.75) is 24.9 Å². The first-order chi connectivity index (χ1) is 12.6. The predicted octanol–water partition coefficient (Wildman–Crippen LogP) is 4.88. The van der Waals surface area contributed by atoms with Gasteiger partial charge in [0.15, 0.2) is 11.0 Å². The van der Waals surface area contributed by atoms with Crippen molar-refractivity contribution in [1.82, 2.24) is 14.8 Å². The summed E-state index contributed by atoms with van der Waals surface area (Å²) in [5.41, 5.74) is 1.68. The number of carbonyl (C=O) groups is 1. The van der Waals surface area contributed by atoms with Crippen LogP contribution in [0.25, 0.3) is 11.4 Å².